The maximum atomic E-state index is 11.7. The van der Waals surface area contributed by atoms with Gasteiger partial charge in [-0.1, -0.05) is 48.2 Å². The minimum atomic E-state index is -0.533. The molecule has 2 aromatic carbocycles. The number of hydrogen-bond donors (Lipinski definition) is 0. The number of carbonyl (C=O) groups is 1. The third-order valence-electron chi connectivity index (χ3n) is 2.58. The third-order valence-corrected chi connectivity index (χ3v) is 2.58. The Morgan fingerprint density at radius 1 is 1.00 bits per heavy atom. The van der Waals surface area contributed by atoms with E-state index in [1.165, 1.54) is 13.4 Å². The lowest BCUT2D eigenvalue weighted by Crippen LogP contribution is -2.04. The Labute approximate surface area is 123 Å². The molecule has 2 rings (SSSR count). The highest BCUT2D eigenvalue weighted by Crippen LogP contribution is 2.10. The minimum absolute atomic E-state index is 0.158. The molecule has 0 unspecified atom stereocenters. The first-order valence-electron chi connectivity index (χ1n) is 6.37. The Hall–Kier alpha value is -2.99. The number of benzene rings is 2. The molecule has 0 saturated heterocycles. The first kappa shape index (κ1) is 14.4. The maximum Gasteiger partial charge on any atom is 0.349 e. The van der Waals surface area contributed by atoms with Crippen LogP contribution >= 0.6 is 0 Å². The average Bonchev–Trinajstić information content (AvgIpc) is 2.56. The fourth-order valence-corrected chi connectivity index (χ4v) is 1.53. The molecule has 0 saturated carbocycles. The summed E-state index contributed by atoms with van der Waals surface area (Å²) in [6, 6.07) is 18.5. The van der Waals surface area contributed by atoms with Crippen molar-refractivity contribution in [1.29, 1.82) is 0 Å². The first-order valence-corrected chi connectivity index (χ1v) is 6.37. The van der Waals surface area contributed by atoms with Crippen molar-refractivity contribution in [2.45, 2.75) is 0 Å². The second kappa shape index (κ2) is 7.56. The van der Waals surface area contributed by atoms with Gasteiger partial charge in [0.2, 0.25) is 0 Å². The van der Waals surface area contributed by atoms with Crippen molar-refractivity contribution < 1.29 is 14.3 Å². The number of carbonyl (C=O) groups excluding carboxylic acids is 1. The van der Waals surface area contributed by atoms with Crippen molar-refractivity contribution >= 4 is 5.97 Å². The SMILES string of the molecule is COC(=O)/C(C#Cc1ccccc1)=C/Oc1ccccc1. The van der Waals surface area contributed by atoms with Gasteiger partial charge in [-0.3, -0.25) is 0 Å². The van der Waals surface area contributed by atoms with E-state index in [2.05, 4.69) is 11.8 Å². The van der Waals surface area contributed by atoms with Crippen LogP contribution < -0.4 is 4.74 Å². The van der Waals surface area contributed by atoms with Gasteiger partial charge < -0.3 is 9.47 Å². The molecule has 21 heavy (non-hydrogen) atoms. The monoisotopic (exact) mass is 278 g/mol. The van der Waals surface area contributed by atoms with E-state index >= 15 is 0 Å². The molecule has 3 heteroatoms. The smallest absolute Gasteiger partial charge is 0.349 e. The zero-order chi connectivity index (χ0) is 14.9. The van der Waals surface area contributed by atoms with Gasteiger partial charge in [0, 0.05) is 5.56 Å². The van der Waals surface area contributed by atoms with Gasteiger partial charge >= 0.3 is 5.97 Å². The van der Waals surface area contributed by atoms with Crippen LogP contribution in [0.2, 0.25) is 0 Å². The normalized spacial score (nSPS) is 10.2. The molecule has 0 N–H and O–H groups in total. The Morgan fingerprint density at radius 2 is 1.62 bits per heavy atom. The van der Waals surface area contributed by atoms with Gasteiger partial charge in [0.1, 0.15) is 17.6 Å². The molecule has 2 aromatic rings. The van der Waals surface area contributed by atoms with Crippen molar-refractivity contribution in [3.05, 3.63) is 78.1 Å². The zero-order valence-electron chi connectivity index (χ0n) is 11.6. The largest absolute Gasteiger partial charge is 0.465 e. The quantitative estimate of drug-likeness (QED) is 0.374. The van der Waals surface area contributed by atoms with Gasteiger partial charge in [0.25, 0.3) is 0 Å². The van der Waals surface area contributed by atoms with E-state index in [1.54, 1.807) is 12.1 Å². The minimum Gasteiger partial charge on any atom is -0.465 e. The van der Waals surface area contributed by atoms with Crippen LogP contribution in [0, 0.1) is 11.8 Å². The van der Waals surface area contributed by atoms with E-state index < -0.39 is 5.97 Å². The summed E-state index contributed by atoms with van der Waals surface area (Å²) in [4.78, 5) is 11.7. The molecule has 0 heterocycles. The van der Waals surface area contributed by atoms with Crippen molar-refractivity contribution in [2.24, 2.45) is 0 Å². The predicted molar refractivity (Wildman–Crippen MR) is 80.5 cm³/mol. The summed E-state index contributed by atoms with van der Waals surface area (Å²) in [5.74, 6) is 5.76. The van der Waals surface area contributed by atoms with Crippen LogP contribution in [0.15, 0.2) is 72.5 Å². The summed E-state index contributed by atoms with van der Waals surface area (Å²) in [7, 11) is 1.31. The zero-order valence-corrected chi connectivity index (χ0v) is 11.6. The number of para-hydroxylation sites is 1. The number of methoxy groups -OCH3 is 1. The van der Waals surface area contributed by atoms with Crippen molar-refractivity contribution in [3.63, 3.8) is 0 Å². The van der Waals surface area contributed by atoms with E-state index in [4.69, 9.17) is 9.47 Å². The Bertz CT molecular complexity index is 677. The lowest BCUT2D eigenvalue weighted by molar-refractivity contribution is -0.135. The topological polar surface area (TPSA) is 35.5 Å². The summed E-state index contributed by atoms with van der Waals surface area (Å²) in [5, 5.41) is 0. The summed E-state index contributed by atoms with van der Waals surface area (Å²) in [5.41, 5.74) is 0.970. The number of rotatable bonds is 3. The van der Waals surface area contributed by atoms with Crippen LogP contribution in [0.3, 0.4) is 0 Å². The van der Waals surface area contributed by atoms with E-state index in [0.29, 0.717) is 5.75 Å². The second-order valence-electron chi connectivity index (χ2n) is 4.07. The molecule has 0 bridgehead atoms. The Kier molecular flexibility index (Phi) is 5.19. The molecule has 0 amide bonds. The van der Waals surface area contributed by atoms with Gasteiger partial charge in [-0.15, -0.1) is 0 Å². The number of ether oxygens (including phenoxy) is 2. The first-order chi connectivity index (χ1) is 10.3. The van der Waals surface area contributed by atoms with Gasteiger partial charge in [0.05, 0.1) is 7.11 Å². The summed E-state index contributed by atoms with van der Waals surface area (Å²) >= 11 is 0. The van der Waals surface area contributed by atoms with E-state index in [-0.39, 0.29) is 5.57 Å². The fraction of sp³-hybridized carbons (Fsp3) is 0.0556. The average molecular weight is 278 g/mol. The molecule has 0 spiro atoms. The molecular formula is C18H14O3. The maximum absolute atomic E-state index is 11.7. The van der Waals surface area contributed by atoms with E-state index in [9.17, 15) is 4.79 Å². The Morgan fingerprint density at radius 3 is 2.24 bits per heavy atom. The van der Waals surface area contributed by atoms with Crippen molar-refractivity contribution in [2.75, 3.05) is 7.11 Å². The van der Waals surface area contributed by atoms with Crippen LogP contribution in [-0.4, -0.2) is 13.1 Å². The van der Waals surface area contributed by atoms with Gasteiger partial charge in [0.15, 0.2) is 0 Å². The Balaban J connectivity index is 2.19. The summed E-state index contributed by atoms with van der Waals surface area (Å²) in [6.45, 7) is 0. The molecule has 0 aliphatic carbocycles. The lowest BCUT2D eigenvalue weighted by Gasteiger charge is -2.01. The molecular weight excluding hydrogens is 264 g/mol. The highest BCUT2D eigenvalue weighted by Gasteiger charge is 2.07. The van der Waals surface area contributed by atoms with Gasteiger partial charge in [-0.2, -0.15) is 0 Å². The molecule has 104 valence electrons. The molecule has 0 aromatic heterocycles. The van der Waals surface area contributed by atoms with E-state index in [0.717, 1.165) is 5.56 Å². The molecule has 0 radical (unpaired) electrons. The fourth-order valence-electron chi connectivity index (χ4n) is 1.53. The van der Waals surface area contributed by atoms with Crippen LogP contribution in [0.5, 0.6) is 5.75 Å². The van der Waals surface area contributed by atoms with Crippen LogP contribution in [0.4, 0.5) is 0 Å². The summed E-state index contributed by atoms with van der Waals surface area (Å²) < 4.78 is 10.1. The summed E-state index contributed by atoms with van der Waals surface area (Å²) in [6.07, 6.45) is 1.30. The van der Waals surface area contributed by atoms with Gasteiger partial charge in [-0.25, -0.2) is 4.79 Å². The molecule has 0 aliphatic rings. The van der Waals surface area contributed by atoms with E-state index in [1.807, 2.05) is 48.5 Å². The van der Waals surface area contributed by atoms with Crippen LogP contribution in [-0.2, 0) is 9.53 Å². The standard InChI is InChI=1S/C18H14O3/c1-20-18(19)16(13-12-15-8-4-2-5-9-15)14-21-17-10-6-3-7-11-17/h2-11,14H,1H3/b16-14+. The highest BCUT2D eigenvalue weighted by atomic mass is 16.5. The molecule has 0 atom stereocenters. The molecule has 0 aliphatic heterocycles. The highest BCUT2D eigenvalue weighted by molar-refractivity contribution is 5.93. The number of hydrogen-bond acceptors (Lipinski definition) is 3. The lowest BCUT2D eigenvalue weighted by atomic mass is 10.2. The molecule has 0 fully saturated rings. The van der Waals surface area contributed by atoms with Crippen molar-refractivity contribution in [3.8, 4) is 17.6 Å². The molecule has 3 nitrogen and oxygen atoms in total. The third kappa shape index (κ3) is 4.55. The second-order valence-corrected chi connectivity index (χ2v) is 4.07. The number of esters is 1. The van der Waals surface area contributed by atoms with Crippen molar-refractivity contribution in [1.82, 2.24) is 0 Å². The van der Waals surface area contributed by atoms with Crippen LogP contribution in [0.25, 0.3) is 0 Å². The van der Waals surface area contributed by atoms with Gasteiger partial charge in [-0.05, 0) is 24.3 Å². The van der Waals surface area contributed by atoms with Crippen LogP contribution in [0.1, 0.15) is 5.56 Å². The predicted octanol–water partition coefficient (Wildman–Crippen LogP) is 3.17.